The third-order valence-electron chi connectivity index (χ3n) is 2.05. The molecule has 0 spiro atoms. The molecule has 0 saturated heterocycles. The molecule has 0 N–H and O–H groups in total. The van der Waals surface area contributed by atoms with Crippen LogP contribution in [0, 0.1) is 5.82 Å². The number of furan rings is 1. The van der Waals surface area contributed by atoms with Gasteiger partial charge in [0.25, 0.3) is 0 Å². The zero-order valence-corrected chi connectivity index (χ0v) is 9.01. The van der Waals surface area contributed by atoms with Gasteiger partial charge in [-0.15, -0.1) is 0 Å². The minimum absolute atomic E-state index is 0.0109. The van der Waals surface area contributed by atoms with E-state index < -0.39 is 11.8 Å². The van der Waals surface area contributed by atoms with Gasteiger partial charge >= 0.3 is 5.97 Å². The molecule has 5 nitrogen and oxygen atoms in total. The van der Waals surface area contributed by atoms with Gasteiger partial charge in [0.2, 0.25) is 0 Å². The number of carbonyl (C=O) groups excluding carboxylic acids is 1. The van der Waals surface area contributed by atoms with E-state index in [1.807, 2.05) is 0 Å². The van der Waals surface area contributed by atoms with Crippen molar-refractivity contribution in [3.63, 3.8) is 0 Å². The maximum atomic E-state index is 13.9. The van der Waals surface area contributed by atoms with Gasteiger partial charge in [0.1, 0.15) is 12.0 Å². The Morgan fingerprint density at radius 1 is 1.53 bits per heavy atom. The number of aromatic nitrogens is 2. The van der Waals surface area contributed by atoms with Gasteiger partial charge in [0.05, 0.1) is 19.1 Å². The summed E-state index contributed by atoms with van der Waals surface area (Å²) >= 11 is 0. The molecular weight excluding hydrogens is 227 g/mol. The fourth-order valence-electron chi connectivity index (χ4n) is 1.31. The van der Waals surface area contributed by atoms with Crippen LogP contribution in [0.25, 0.3) is 11.3 Å². The van der Waals surface area contributed by atoms with E-state index in [-0.39, 0.29) is 18.0 Å². The van der Waals surface area contributed by atoms with Crippen LogP contribution in [0.5, 0.6) is 0 Å². The monoisotopic (exact) mass is 236 g/mol. The van der Waals surface area contributed by atoms with E-state index in [0.29, 0.717) is 5.56 Å². The Hall–Kier alpha value is -2.24. The SMILES string of the molecule is CCOC(=O)c1ncnc(-c2ccoc2)c1F. The lowest BCUT2D eigenvalue weighted by atomic mass is 10.2. The van der Waals surface area contributed by atoms with Crippen molar-refractivity contribution >= 4 is 5.97 Å². The second-order valence-corrected chi connectivity index (χ2v) is 3.12. The zero-order valence-electron chi connectivity index (χ0n) is 9.01. The number of hydrogen-bond donors (Lipinski definition) is 0. The Kier molecular flexibility index (Phi) is 3.13. The summed E-state index contributed by atoms with van der Waals surface area (Å²) in [6.45, 7) is 1.79. The van der Waals surface area contributed by atoms with Crippen molar-refractivity contribution in [1.82, 2.24) is 9.97 Å². The normalized spacial score (nSPS) is 10.2. The third-order valence-corrected chi connectivity index (χ3v) is 2.05. The second kappa shape index (κ2) is 4.73. The van der Waals surface area contributed by atoms with E-state index in [1.54, 1.807) is 13.0 Å². The molecule has 2 heterocycles. The Bertz CT molecular complexity index is 526. The Balaban J connectivity index is 2.44. The lowest BCUT2D eigenvalue weighted by Gasteiger charge is -2.04. The molecule has 0 aliphatic heterocycles. The molecule has 2 aromatic rings. The van der Waals surface area contributed by atoms with Gasteiger partial charge < -0.3 is 9.15 Å². The van der Waals surface area contributed by atoms with Crippen LogP contribution in [-0.4, -0.2) is 22.5 Å². The first kappa shape index (κ1) is 11.3. The molecule has 0 fully saturated rings. The lowest BCUT2D eigenvalue weighted by molar-refractivity contribution is 0.0513. The van der Waals surface area contributed by atoms with Gasteiger partial charge in [-0.25, -0.2) is 19.2 Å². The van der Waals surface area contributed by atoms with E-state index in [0.717, 1.165) is 6.33 Å². The molecule has 0 bridgehead atoms. The molecule has 0 saturated carbocycles. The van der Waals surface area contributed by atoms with E-state index in [1.165, 1.54) is 12.5 Å². The van der Waals surface area contributed by atoms with Gasteiger partial charge in [0.15, 0.2) is 11.5 Å². The van der Waals surface area contributed by atoms with E-state index >= 15 is 0 Å². The number of esters is 1. The second-order valence-electron chi connectivity index (χ2n) is 3.12. The van der Waals surface area contributed by atoms with Crippen molar-refractivity contribution in [3.8, 4) is 11.3 Å². The third kappa shape index (κ3) is 2.15. The van der Waals surface area contributed by atoms with Gasteiger partial charge in [-0.1, -0.05) is 0 Å². The minimum Gasteiger partial charge on any atom is -0.472 e. The maximum Gasteiger partial charge on any atom is 0.360 e. The average Bonchev–Trinajstić information content (AvgIpc) is 2.83. The van der Waals surface area contributed by atoms with Crippen molar-refractivity contribution in [2.75, 3.05) is 6.61 Å². The predicted octanol–water partition coefficient (Wildman–Crippen LogP) is 2.05. The Labute approximate surface area is 96.3 Å². The van der Waals surface area contributed by atoms with Crippen LogP contribution in [0.2, 0.25) is 0 Å². The van der Waals surface area contributed by atoms with E-state index in [4.69, 9.17) is 4.42 Å². The lowest BCUT2D eigenvalue weighted by Crippen LogP contribution is -2.11. The maximum absolute atomic E-state index is 13.9. The van der Waals surface area contributed by atoms with Crippen LogP contribution in [0.15, 0.2) is 29.3 Å². The number of halogens is 1. The molecule has 0 unspecified atom stereocenters. The topological polar surface area (TPSA) is 65.2 Å². The van der Waals surface area contributed by atoms with Crippen molar-refractivity contribution < 1.29 is 18.3 Å². The first-order valence-electron chi connectivity index (χ1n) is 4.94. The van der Waals surface area contributed by atoms with Crippen LogP contribution in [-0.2, 0) is 4.74 Å². The summed E-state index contributed by atoms with van der Waals surface area (Å²) in [6, 6.07) is 1.54. The molecule has 17 heavy (non-hydrogen) atoms. The van der Waals surface area contributed by atoms with Gasteiger partial charge in [-0.2, -0.15) is 0 Å². The summed E-state index contributed by atoms with van der Waals surface area (Å²) in [5, 5.41) is 0. The number of carbonyl (C=O) groups is 1. The molecule has 2 rings (SSSR count). The molecule has 0 aliphatic rings. The Morgan fingerprint density at radius 2 is 2.35 bits per heavy atom. The highest BCUT2D eigenvalue weighted by Gasteiger charge is 2.20. The fourth-order valence-corrected chi connectivity index (χ4v) is 1.31. The highest BCUT2D eigenvalue weighted by molar-refractivity contribution is 5.88. The average molecular weight is 236 g/mol. The number of nitrogens with zero attached hydrogens (tertiary/aromatic N) is 2. The van der Waals surface area contributed by atoms with Crippen molar-refractivity contribution in [3.05, 3.63) is 36.4 Å². The molecular formula is C11H9FN2O3. The summed E-state index contributed by atoms with van der Waals surface area (Å²) in [7, 11) is 0. The molecule has 0 radical (unpaired) electrons. The van der Waals surface area contributed by atoms with Crippen molar-refractivity contribution in [2.45, 2.75) is 6.92 Å². The van der Waals surface area contributed by atoms with Crippen LogP contribution >= 0.6 is 0 Å². The predicted molar refractivity (Wildman–Crippen MR) is 55.6 cm³/mol. The molecule has 0 amide bonds. The minimum atomic E-state index is -0.813. The van der Waals surface area contributed by atoms with E-state index in [2.05, 4.69) is 14.7 Å². The molecule has 0 aliphatic carbocycles. The first-order valence-corrected chi connectivity index (χ1v) is 4.94. The number of ether oxygens (including phenoxy) is 1. The number of hydrogen-bond acceptors (Lipinski definition) is 5. The molecule has 0 aromatic carbocycles. The highest BCUT2D eigenvalue weighted by atomic mass is 19.1. The van der Waals surface area contributed by atoms with Gasteiger partial charge in [0, 0.05) is 5.56 Å². The molecule has 2 aromatic heterocycles. The molecule has 0 atom stereocenters. The van der Waals surface area contributed by atoms with Crippen LogP contribution in [0.3, 0.4) is 0 Å². The van der Waals surface area contributed by atoms with Crippen LogP contribution in [0.4, 0.5) is 4.39 Å². The highest BCUT2D eigenvalue weighted by Crippen LogP contribution is 2.21. The summed E-state index contributed by atoms with van der Waals surface area (Å²) < 4.78 is 23.5. The molecule has 6 heteroatoms. The largest absolute Gasteiger partial charge is 0.472 e. The van der Waals surface area contributed by atoms with Crippen molar-refractivity contribution in [1.29, 1.82) is 0 Å². The summed E-state index contributed by atoms with van der Waals surface area (Å²) in [5.41, 5.74) is 0.0744. The van der Waals surface area contributed by atoms with E-state index in [9.17, 15) is 9.18 Å². The summed E-state index contributed by atoms with van der Waals surface area (Å²) in [4.78, 5) is 18.8. The van der Waals surface area contributed by atoms with Crippen molar-refractivity contribution in [2.24, 2.45) is 0 Å². The summed E-state index contributed by atoms with van der Waals surface area (Å²) in [6.07, 6.45) is 3.83. The van der Waals surface area contributed by atoms with Crippen LogP contribution in [0.1, 0.15) is 17.4 Å². The number of rotatable bonds is 3. The van der Waals surface area contributed by atoms with Gasteiger partial charge in [-0.3, -0.25) is 0 Å². The smallest absolute Gasteiger partial charge is 0.360 e. The molecule has 88 valence electrons. The fraction of sp³-hybridized carbons (Fsp3) is 0.182. The van der Waals surface area contributed by atoms with Gasteiger partial charge in [-0.05, 0) is 13.0 Å². The quantitative estimate of drug-likeness (QED) is 0.763. The Morgan fingerprint density at radius 3 is 3.00 bits per heavy atom. The first-order chi connectivity index (χ1) is 8.24. The summed E-state index contributed by atoms with van der Waals surface area (Å²) in [5.74, 6) is -1.62. The standard InChI is InChI=1S/C11H9FN2O3/c1-2-17-11(15)10-8(12)9(13-6-14-10)7-3-4-16-5-7/h3-6H,2H2,1H3. The van der Waals surface area contributed by atoms with Crippen LogP contribution < -0.4 is 0 Å². The zero-order chi connectivity index (χ0) is 12.3.